The Morgan fingerprint density at radius 3 is 2.23 bits per heavy atom. The summed E-state index contributed by atoms with van der Waals surface area (Å²) in [6.45, 7) is 14.6. The van der Waals surface area contributed by atoms with E-state index in [9.17, 15) is 14.4 Å². The summed E-state index contributed by atoms with van der Waals surface area (Å²) in [4.78, 5) is 44.0. The first-order valence-corrected chi connectivity index (χ1v) is 10.5. The Morgan fingerprint density at radius 2 is 1.74 bits per heavy atom. The van der Waals surface area contributed by atoms with Gasteiger partial charge in [0.05, 0.1) is 22.9 Å². The van der Waals surface area contributed by atoms with Crippen molar-refractivity contribution in [3.05, 3.63) is 29.3 Å². The first-order chi connectivity index (χ1) is 14.3. The molecule has 1 aromatic carbocycles. The molecule has 0 aliphatic carbocycles. The van der Waals surface area contributed by atoms with Crippen molar-refractivity contribution in [1.29, 1.82) is 0 Å². The van der Waals surface area contributed by atoms with E-state index < -0.39 is 22.7 Å². The van der Waals surface area contributed by atoms with Crippen molar-refractivity contribution >= 4 is 30.3 Å². The molecule has 170 valence electrons. The molecule has 3 amide bonds. The zero-order valence-electron chi connectivity index (χ0n) is 19.7. The lowest BCUT2D eigenvalue weighted by atomic mass is 9.76. The van der Waals surface area contributed by atoms with Gasteiger partial charge in [-0.05, 0) is 77.6 Å². The van der Waals surface area contributed by atoms with E-state index in [1.807, 2.05) is 40.7 Å². The number of rotatable bonds is 6. The Hall–Kier alpha value is -2.74. The van der Waals surface area contributed by atoms with E-state index in [-0.39, 0.29) is 5.91 Å². The summed E-state index contributed by atoms with van der Waals surface area (Å²) in [5.74, 6) is -0.290. The van der Waals surface area contributed by atoms with E-state index >= 15 is 0 Å². The van der Waals surface area contributed by atoms with Gasteiger partial charge in [-0.15, -0.1) is 5.17 Å². The van der Waals surface area contributed by atoms with Crippen LogP contribution in [0, 0.1) is 0 Å². The van der Waals surface area contributed by atoms with E-state index in [1.54, 1.807) is 32.9 Å². The van der Waals surface area contributed by atoms with Crippen molar-refractivity contribution in [1.82, 2.24) is 5.17 Å². The normalized spacial score (nSPS) is 15.9. The fourth-order valence-electron chi connectivity index (χ4n) is 3.55. The van der Waals surface area contributed by atoms with Gasteiger partial charge in [-0.25, -0.2) is 14.5 Å². The maximum Gasteiger partial charge on any atom is 0.421 e. The van der Waals surface area contributed by atoms with Crippen LogP contribution in [0.2, 0.25) is 0 Å². The number of carbonyl (C=O) groups excluding carboxylic acids is 3. The minimum atomic E-state index is -0.831. The van der Waals surface area contributed by atoms with Crippen LogP contribution in [0.15, 0.2) is 23.3 Å². The lowest BCUT2D eigenvalue weighted by molar-refractivity contribution is -0.215. The highest BCUT2D eigenvalue weighted by atomic mass is 16.7. The molecule has 0 radical (unpaired) electrons. The molecule has 0 bridgehead atoms. The summed E-state index contributed by atoms with van der Waals surface area (Å²) >= 11 is 0. The lowest BCUT2D eigenvalue weighted by Crippen LogP contribution is -2.44. The van der Waals surface area contributed by atoms with Crippen molar-refractivity contribution < 1.29 is 24.0 Å². The number of hydroxylamine groups is 1. The lowest BCUT2D eigenvalue weighted by Gasteiger charge is -2.27. The number of benzene rings is 1. The van der Waals surface area contributed by atoms with E-state index in [0.29, 0.717) is 30.5 Å². The van der Waals surface area contributed by atoms with Crippen LogP contribution in [0.5, 0.6) is 0 Å². The summed E-state index contributed by atoms with van der Waals surface area (Å²) in [7, 11) is 0. The third kappa shape index (κ3) is 5.31. The van der Waals surface area contributed by atoms with Gasteiger partial charge < -0.3 is 4.74 Å². The molecule has 8 heteroatoms. The average molecular weight is 432 g/mol. The molecule has 1 heterocycles. The van der Waals surface area contributed by atoms with Crippen molar-refractivity contribution in [2.45, 2.75) is 84.8 Å². The highest BCUT2D eigenvalue weighted by Gasteiger charge is 2.51. The van der Waals surface area contributed by atoms with Crippen LogP contribution in [0.25, 0.3) is 0 Å². The number of anilines is 1. The first kappa shape index (κ1) is 24.5. The van der Waals surface area contributed by atoms with Gasteiger partial charge in [-0.2, -0.15) is 5.10 Å². The fourth-order valence-corrected chi connectivity index (χ4v) is 3.55. The highest BCUT2D eigenvalue weighted by Crippen LogP contribution is 2.47. The van der Waals surface area contributed by atoms with E-state index in [4.69, 9.17) is 9.57 Å². The molecule has 0 aromatic heterocycles. The quantitative estimate of drug-likeness (QED) is 0.375. The fraction of sp³-hybridized carbons (Fsp3) is 0.565. The molecule has 31 heavy (non-hydrogen) atoms. The Kier molecular flexibility index (Phi) is 6.95. The number of amides is 3. The van der Waals surface area contributed by atoms with Gasteiger partial charge in [0.15, 0.2) is 0 Å². The molecular weight excluding hydrogens is 398 g/mol. The SMILES string of the molecule is CCC1(CC)C(=O)N(C(=O)OC(C)(C)C)c2ccc(/C=N/N(C=O)OC(C)(C)C)cc21. The standard InChI is InChI=1S/C23H33N3O5/c1-9-23(10-2)17-13-16(14-24-25(15-27)31-22(6,7)8)11-12-18(17)26(19(23)28)20(29)30-21(3,4)5/h11-15H,9-10H2,1-8H3/b24-14+. The van der Waals surface area contributed by atoms with Crippen LogP contribution < -0.4 is 4.90 Å². The number of carbonyl (C=O) groups is 3. The van der Waals surface area contributed by atoms with Crippen molar-refractivity contribution in [2.75, 3.05) is 4.90 Å². The monoisotopic (exact) mass is 431 g/mol. The van der Waals surface area contributed by atoms with Crippen molar-refractivity contribution in [3.63, 3.8) is 0 Å². The number of fused-ring (bicyclic) bond motifs is 1. The van der Waals surface area contributed by atoms with Gasteiger partial charge >= 0.3 is 6.09 Å². The zero-order chi connectivity index (χ0) is 23.6. The molecule has 0 unspecified atom stereocenters. The number of hydrogen-bond donors (Lipinski definition) is 0. The van der Waals surface area contributed by atoms with Crippen LogP contribution in [0.4, 0.5) is 10.5 Å². The molecule has 0 spiro atoms. The zero-order valence-corrected chi connectivity index (χ0v) is 19.7. The van der Waals surface area contributed by atoms with Crippen LogP contribution in [-0.2, 0) is 24.6 Å². The van der Waals surface area contributed by atoms with Gasteiger partial charge in [0.1, 0.15) is 5.60 Å². The third-order valence-electron chi connectivity index (χ3n) is 4.95. The number of imide groups is 1. The Balaban J connectivity index is 2.47. The second kappa shape index (κ2) is 8.78. The molecule has 0 N–H and O–H groups in total. The molecule has 1 aromatic rings. The van der Waals surface area contributed by atoms with Gasteiger partial charge in [-0.3, -0.25) is 9.59 Å². The van der Waals surface area contributed by atoms with Crippen molar-refractivity contribution in [3.8, 4) is 0 Å². The largest absolute Gasteiger partial charge is 0.443 e. The topological polar surface area (TPSA) is 88.5 Å². The summed E-state index contributed by atoms with van der Waals surface area (Å²) < 4.78 is 5.48. The van der Waals surface area contributed by atoms with E-state index in [1.165, 1.54) is 6.21 Å². The van der Waals surface area contributed by atoms with Crippen molar-refractivity contribution in [2.24, 2.45) is 5.10 Å². The molecule has 0 saturated heterocycles. The predicted molar refractivity (Wildman–Crippen MR) is 119 cm³/mol. The maximum atomic E-state index is 13.4. The predicted octanol–water partition coefficient (Wildman–Crippen LogP) is 4.55. The van der Waals surface area contributed by atoms with Gasteiger partial charge in [0.25, 0.3) is 6.41 Å². The summed E-state index contributed by atoms with van der Waals surface area (Å²) in [6, 6.07) is 5.27. The minimum absolute atomic E-state index is 0.290. The first-order valence-electron chi connectivity index (χ1n) is 10.5. The Morgan fingerprint density at radius 1 is 1.13 bits per heavy atom. The maximum absolute atomic E-state index is 13.4. The van der Waals surface area contributed by atoms with Gasteiger partial charge in [-0.1, -0.05) is 19.9 Å². The van der Waals surface area contributed by atoms with Crippen LogP contribution in [0.1, 0.15) is 79.4 Å². The average Bonchev–Trinajstić information content (AvgIpc) is 2.90. The Labute approximate surface area is 184 Å². The molecule has 8 nitrogen and oxygen atoms in total. The van der Waals surface area contributed by atoms with E-state index in [0.717, 1.165) is 15.6 Å². The van der Waals surface area contributed by atoms with Gasteiger partial charge in [0.2, 0.25) is 5.91 Å². The molecule has 1 aliphatic heterocycles. The molecule has 0 atom stereocenters. The number of nitrogens with zero attached hydrogens (tertiary/aromatic N) is 3. The molecule has 0 saturated carbocycles. The third-order valence-corrected chi connectivity index (χ3v) is 4.95. The molecular formula is C23H33N3O5. The summed E-state index contributed by atoms with van der Waals surface area (Å²) in [6.07, 6.45) is 2.34. The number of hydrogen-bond acceptors (Lipinski definition) is 6. The Bertz CT molecular complexity index is 876. The molecule has 1 aliphatic rings. The minimum Gasteiger partial charge on any atom is -0.443 e. The second-order valence-corrected chi connectivity index (χ2v) is 9.54. The summed E-state index contributed by atoms with van der Waals surface area (Å²) in [5, 5.41) is 4.93. The smallest absolute Gasteiger partial charge is 0.421 e. The molecule has 0 fully saturated rings. The second-order valence-electron chi connectivity index (χ2n) is 9.54. The van der Waals surface area contributed by atoms with Crippen LogP contribution in [-0.4, -0.2) is 41.0 Å². The molecule has 2 rings (SSSR count). The van der Waals surface area contributed by atoms with Gasteiger partial charge in [0, 0.05) is 0 Å². The highest BCUT2D eigenvalue weighted by molar-refractivity contribution is 6.21. The number of hydrazone groups is 1. The number of ether oxygens (including phenoxy) is 1. The summed E-state index contributed by atoms with van der Waals surface area (Å²) in [5.41, 5.74) is -0.212. The van der Waals surface area contributed by atoms with Crippen LogP contribution >= 0.6 is 0 Å². The van der Waals surface area contributed by atoms with E-state index in [2.05, 4.69) is 5.10 Å². The van der Waals surface area contributed by atoms with Crippen LogP contribution in [0.3, 0.4) is 0 Å².